The Labute approximate surface area is 90.4 Å². The summed E-state index contributed by atoms with van der Waals surface area (Å²) < 4.78 is 7.16. The Morgan fingerprint density at radius 3 is 3.20 bits per heavy atom. The highest BCUT2D eigenvalue weighted by molar-refractivity contribution is 5.05. The highest BCUT2D eigenvalue weighted by Gasteiger charge is 2.19. The van der Waals surface area contributed by atoms with E-state index in [1.807, 2.05) is 24.1 Å². The number of hydrogen-bond acceptors (Lipinski definition) is 3. The third-order valence-electron chi connectivity index (χ3n) is 2.92. The third kappa shape index (κ3) is 3.04. The second-order valence-corrected chi connectivity index (χ2v) is 4.45. The summed E-state index contributed by atoms with van der Waals surface area (Å²) in [6.07, 6.45) is 7.08. The molecule has 1 aliphatic rings. The molecule has 4 heteroatoms. The van der Waals surface area contributed by atoms with Gasteiger partial charge in [-0.05, 0) is 30.7 Å². The van der Waals surface area contributed by atoms with Crippen LogP contribution in [0.25, 0.3) is 0 Å². The molecule has 1 aliphatic heterocycles. The molecule has 2 atom stereocenters. The maximum absolute atomic E-state index is 6.10. The van der Waals surface area contributed by atoms with E-state index in [-0.39, 0.29) is 6.04 Å². The van der Waals surface area contributed by atoms with E-state index in [9.17, 15) is 0 Å². The molecule has 0 amide bonds. The van der Waals surface area contributed by atoms with Crippen LogP contribution in [0.2, 0.25) is 0 Å². The van der Waals surface area contributed by atoms with E-state index in [0.29, 0.717) is 5.92 Å². The Morgan fingerprint density at radius 2 is 2.60 bits per heavy atom. The van der Waals surface area contributed by atoms with Gasteiger partial charge in [-0.15, -0.1) is 0 Å². The molecule has 2 unspecified atom stereocenters. The highest BCUT2D eigenvalue weighted by atomic mass is 16.5. The third-order valence-corrected chi connectivity index (χ3v) is 2.92. The first kappa shape index (κ1) is 10.6. The molecule has 0 radical (unpaired) electrons. The lowest BCUT2D eigenvalue weighted by Crippen LogP contribution is -2.26. The minimum Gasteiger partial charge on any atom is -0.381 e. The van der Waals surface area contributed by atoms with Crippen LogP contribution in [-0.2, 0) is 18.2 Å². The summed E-state index contributed by atoms with van der Waals surface area (Å²) in [7, 11) is 1.93. The van der Waals surface area contributed by atoms with E-state index >= 15 is 0 Å². The zero-order valence-corrected chi connectivity index (χ0v) is 9.22. The Bertz CT molecular complexity index is 305. The Hall–Kier alpha value is -0.870. The lowest BCUT2D eigenvalue weighted by Gasteiger charge is -2.14. The van der Waals surface area contributed by atoms with Gasteiger partial charge in [-0.3, -0.25) is 4.68 Å². The van der Waals surface area contributed by atoms with Crippen molar-refractivity contribution in [2.75, 3.05) is 13.2 Å². The molecule has 0 saturated carbocycles. The summed E-state index contributed by atoms with van der Waals surface area (Å²) in [6, 6.07) is 0.237. The van der Waals surface area contributed by atoms with Crippen LogP contribution >= 0.6 is 0 Å². The first-order valence-electron chi connectivity index (χ1n) is 5.55. The second-order valence-electron chi connectivity index (χ2n) is 4.45. The van der Waals surface area contributed by atoms with Gasteiger partial charge in [0.15, 0.2) is 0 Å². The fraction of sp³-hybridized carbons (Fsp3) is 0.727. The average Bonchev–Trinajstić information content (AvgIpc) is 2.77. The minimum absolute atomic E-state index is 0.237. The van der Waals surface area contributed by atoms with Crippen LogP contribution in [0.1, 0.15) is 18.4 Å². The first-order chi connectivity index (χ1) is 7.24. The SMILES string of the molecule is Cn1cc(CC(N)CC2CCOC2)cn1. The summed E-state index contributed by atoms with van der Waals surface area (Å²) in [5, 5.41) is 4.14. The molecule has 1 saturated heterocycles. The van der Waals surface area contributed by atoms with Crippen LogP contribution < -0.4 is 5.73 Å². The number of aryl methyl sites for hydroxylation is 1. The maximum atomic E-state index is 6.10. The molecule has 2 rings (SSSR count). The summed E-state index contributed by atoms with van der Waals surface area (Å²) in [4.78, 5) is 0. The van der Waals surface area contributed by atoms with Gasteiger partial charge in [-0.2, -0.15) is 5.10 Å². The van der Waals surface area contributed by atoms with E-state index in [2.05, 4.69) is 5.10 Å². The van der Waals surface area contributed by atoms with Crippen molar-refractivity contribution in [1.29, 1.82) is 0 Å². The smallest absolute Gasteiger partial charge is 0.0522 e. The lowest BCUT2D eigenvalue weighted by molar-refractivity contribution is 0.182. The lowest BCUT2D eigenvalue weighted by atomic mass is 9.96. The van der Waals surface area contributed by atoms with Crippen molar-refractivity contribution in [2.24, 2.45) is 18.7 Å². The highest BCUT2D eigenvalue weighted by Crippen LogP contribution is 2.18. The quantitative estimate of drug-likeness (QED) is 0.795. The Kier molecular flexibility index (Phi) is 3.38. The van der Waals surface area contributed by atoms with E-state index in [1.165, 1.54) is 12.0 Å². The summed E-state index contributed by atoms with van der Waals surface area (Å²) in [5.41, 5.74) is 7.33. The van der Waals surface area contributed by atoms with Crippen molar-refractivity contribution in [2.45, 2.75) is 25.3 Å². The van der Waals surface area contributed by atoms with Gasteiger partial charge in [0, 0.05) is 32.5 Å². The second kappa shape index (κ2) is 4.77. The fourth-order valence-electron chi connectivity index (χ4n) is 2.16. The molecule has 0 spiro atoms. The minimum atomic E-state index is 0.237. The normalized spacial score (nSPS) is 23.2. The average molecular weight is 209 g/mol. The van der Waals surface area contributed by atoms with Crippen LogP contribution in [0.3, 0.4) is 0 Å². The number of ether oxygens (including phenoxy) is 1. The molecule has 2 heterocycles. The van der Waals surface area contributed by atoms with Gasteiger partial charge < -0.3 is 10.5 Å². The van der Waals surface area contributed by atoms with Crippen molar-refractivity contribution in [3.63, 3.8) is 0 Å². The fourth-order valence-corrected chi connectivity index (χ4v) is 2.16. The molecular weight excluding hydrogens is 190 g/mol. The number of nitrogens with zero attached hydrogens (tertiary/aromatic N) is 2. The van der Waals surface area contributed by atoms with E-state index in [1.54, 1.807) is 0 Å². The van der Waals surface area contributed by atoms with Gasteiger partial charge in [0.1, 0.15) is 0 Å². The van der Waals surface area contributed by atoms with Crippen molar-refractivity contribution < 1.29 is 4.74 Å². The summed E-state index contributed by atoms with van der Waals surface area (Å²) >= 11 is 0. The predicted molar refractivity (Wildman–Crippen MR) is 58.4 cm³/mol. The Morgan fingerprint density at radius 1 is 1.73 bits per heavy atom. The number of rotatable bonds is 4. The topological polar surface area (TPSA) is 53.1 Å². The van der Waals surface area contributed by atoms with Gasteiger partial charge in [0.05, 0.1) is 6.20 Å². The van der Waals surface area contributed by atoms with Gasteiger partial charge in [-0.1, -0.05) is 0 Å². The van der Waals surface area contributed by atoms with Crippen molar-refractivity contribution in [1.82, 2.24) is 9.78 Å². The largest absolute Gasteiger partial charge is 0.381 e. The van der Waals surface area contributed by atoms with Gasteiger partial charge in [0.2, 0.25) is 0 Å². The van der Waals surface area contributed by atoms with Crippen molar-refractivity contribution in [3.8, 4) is 0 Å². The van der Waals surface area contributed by atoms with Gasteiger partial charge >= 0.3 is 0 Å². The van der Waals surface area contributed by atoms with Crippen LogP contribution in [0.15, 0.2) is 12.4 Å². The summed E-state index contributed by atoms with van der Waals surface area (Å²) in [5.74, 6) is 0.664. The molecule has 1 aromatic heterocycles. The zero-order chi connectivity index (χ0) is 10.7. The van der Waals surface area contributed by atoms with E-state index in [4.69, 9.17) is 10.5 Å². The monoisotopic (exact) mass is 209 g/mol. The molecule has 15 heavy (non-hydrogen) atoms. The van der Waals surface area contributed by atoms with Crippen LogP contribution in [0, 0.1) is 5.92 Å². The molecular formula is C11H19N3O. The number of hydrogen-bond donors (Lipinski definition) is 1. The summed E-state index contributed by atoms with van der Waals surface area (Å²) in [6.45, 7) is 1.80. The van der Waals surface area contributed by atoms with Crippen LogP contribution in [-0.4, -0.2) is 29.0 Å². The van der Waals surface area contributed by atoms with Crippen LogP contribution in [0.5, 0.6) is 0 Å². The van der Waals surface area contributed by atoms with Crippen molar-refractivity contribution in [3.05, 3.63) is 18.0 Å². The molecule has 0 bridgehead atoms. The van der Waals surface area contributed by atoms with Crippen molar-refractivity contribution >= 4 is 0 Å². The van der Waals surface area contributed by atoms with Gasteiger partial charge in [0.25, 0.3) is 0 Å². The molecule has 0 aliphatic carbocycles. The maximum Gasteiger partial charge on any atom is 0.0522 e. The molecule has 1 fully saturated rings. The first-order valence-corrected chi connectivity index (χ1v) is 5.55. The number of nitrogens with two attached hydrogens (primary N) is 1. The van der Waals surface area contributed by atoms with Crippen LogP contribution in [0.4, 0.5) is 0 Å². The Balaban J connectivity index is 1.78. The predicted octanol–water partition coefficient (Wildman–Crippen LogP) is 0.716. The molecule has 0 aromatic carbocycles. The molecule has 1 aromatic rings. The molecule has 84 valence electrons. The number of aromatic nitrogens is 2. The zero-order valence-electron chi connectivity index (χ0n) is 9.22. The van der Waals surface area contributed by atoms with E-state index < -0.39 is 0 Å². The molecule has 2 N–H and O–H groups in total. The van der Waals surface area contributed by atoms with E-state index in [0.717, 1.165) is 26.1 Å². The standard InChI is InChI=1S/C11H19N3O/c1-14-7-10(6-13-14)5-11(12)4-9-2-3-15-8-9/h6-7,9,11H,2-5,8,12H2,1H3. The molecule has 4 nitrogen and oxygen atoms in total. The van der Waals surface area contributed by atoms with Gasteiger partial charge in [-0.25, -0.2) is 0 Å².